The highest BCUT2D eigenvalue weighted by Crippen LogP contribution is 2.28. The van der Waals surface area contributed by atoms with Crippen LogP contribution in [0.15, 0.2) is 107 Å². The normalized spacial score (nSPS) is 12.6. The Balaban J connectivity index is 1.82. The van der Waals surface area contributed by atoms with Crippen LogP contribution in [-0.2, 0) is 32.6 Å². The molecule has 0 unspecified atom stereocenters. The van der Waals surface area contributed by atoms with E-state index in [1.54, 1.807) is 54.6 Å². The van der Waals surface area contributed by atoms with Crippen LogP contribution >= 0.6 is 35.0 Å². The van der Waals surface area contributed by atoms with Gasteiger partial charge in [-0.3, -0.25) is 13.9 Å². The van der Waals surface area contributed by atoms with Crippen LogP contribution in [0.3, 0.4) is 0 Å². The van der Waals surface area contributed by atoms with E-state index in [0.29, 0.717) is 27.7 Å². The summed E-state index contributed by atoms with van der Waals surface area (Å²) in [5.41, 5.74) is 2.67. The number of carbonyl (C=O) groups is 2. The van der Waals surface area contributed by atoms with Gasteiger partial charge in [0.25, 0.3) is 10.0 Å². The Kier molecular flexibility index (Phi) is 12.8. The van der Waals surface area contributed by atoms with E-state index in [1.807, 2.05) is 57.4 Å². The number of anilines is 1. The maximum absolute atomic E-state index is 14.6. The second kappa shape index (κ2) is 16.6. The lowest BCUT2D eigenvalue weighted by molar-refractivity contribution is -0.140. The SMILES string of the molecule is CC[C@H](C)NC(=O)[C@H](Cc1ccccc1)N(Cc1ccc(Cl)cc1Cl)C(=O)CN(c1ccc(C)cc1)S(=O)(=O)c1ccc(SC)cc1. The zero-order valence-electron chi connectivity index (χ0n) is 26.8. The zero-order chi connectivity index (χ0) is 34.1. The molecule has 0 saturated carbocycles. The van der Waals surface area contributed by atoms with E-state index in [1.165, 1.54) is 28.8 Å². The van der Waals surface area contributed by atoms with Crippen molar-refractivity contribution in [2.75, 3.05) is 17.1 Å². The fraction of sp³-hybridized carbons (Fsp3) is 0.278. The maximum Gasteiger partial charge on any atom is 0.264 e. The van der Waals surface area contributed by atoms with E-state index in [4.69, 9.17) is 23.2 Å². The Hall–Kier alpha value is -3.50. The summed E-state index contributed by atoms with van der Waals surface area (Å²) in [5, 5.41) is 3.79. The summed E-state index contributed by atoms with van der Waals surface area (Å²) in [6.45, 7) is 5.15. The molecule has 4 aromatic carbocycles. The number of nitrogens with zero attached hydrogens (tertiary/aromatic N) is 2. The highest BCUT2D eigenvalue weighted by molar-refractivity contribution is 7.98. The number of hydrogen-bond acceptors (Lipinski definition) is 5. The molecule has 47 heavy (non-hydrogen) atoms. The standard InChI is InChI=1S/C36H39Cl2N3O4S2/c1-5-26(3)39-36(43)34(21-27-9-7-6-8-10-27)40(23-28-13-14-29(37)22-33(28)38)35(42)24-41(30-15-11-25(2)12-16-30)47(44,45)32-19-17-31(46-4)18-20-32/h6-20,22,26,34H,5,21,23-24H2,1-4H3,(H,39,43)/t26-,34-/m0/s1. The van der Waals surface area contributed by atoms with Crippen molar-refractivity contribution < 1.29 is 18.0 Å². The zero-order valence-corrected chi connectivity index (χ0v) is 30.0. The van der Waals surface area contributed by atoms with Gasteiger partial charge in [0.1, 0.15) is 12.6 Å². The van der Waals surface area contributed by atoms with Crippen LogP contribution in [0.5, 0.6) is 0 Å². The lowest BCUT2D eigenvalue weighted by Crippen LogP contribution is -2.54. The molecular weight excluding hydrogens is 673 g/mol. The van der Waals surface area contributed by atoms with Gasteiger partial charge >= 0.3 is 0 Å². The van der Waals surface area contributed by atoms with Gasteiger partial charge in [-0.05, 0) is 86.2 Å². The van der Waals surface area contributed by atoms with Gasteiger partial charge in [0.2, 0.25) is 11.8 Å². The Labute approximate surface area is 292 Å². The molecule has 11 heteroatoms. The lowest BCUT2D eigenvalue weighted by atomic mass is 10.0. The minimum Gasteiger partial charge on any atom is -0.352 e. The number of rotatable bonds is 14. The number of thioether (sulfide) groups is 1. The van der Waals surface area contributed by atoms with Crippen LogP contribution in [0.1, 0.15) is 37.0 Å². The molecule has 0 spiro atoms. The molecule has 0 aliphatic carbocycles. The molecular formula is C36H39Cl2N3O4S2. The van der Waals surface area contributed by atoms with E-state index in [-0.39, 0.29) is 29.8 Å². The molecule has 4 rings (SSSR count). The van der Waals surface area contributed by atoms with Crippen molar-refractivity contribution in [3.05, 3.63) is 124 Å². The van der Waals surface area contributed by atoms with E-state index < -0.39 is 28.5 Å². The van der Waals surface area contributed by atoms with Crippen LogP contribution in [0, 0.1) is 6.92 Å². The second-order valence-corrected chi connectivity index (χ2v) is 14.9. The Morgan fingerprint density at radius 3 is 2.17 bits per heavy atom. The van der Waals surface area contributed by atoms with Crippen molar-refractivity contribution >= 4 is 62.5 Å². The predicted molar refractivity (Wildman–Crippen MR) is 193 cm³/mol. The van der Waals surface area contributed by atoms with Gasteiger partial charge in [0.15, 0.2) is 0 Å². The Morgan fingerprint density at radius 1 is 0.915 bits per heavy atom. The molecule has 0 bridgehead atoms. The minimum atomic E-state index is -4.20. The summed E-state index contributed by atoms with van der Waals surface area (Å²) in [4.78, 5) is 31.0. The minimum absolute atomic E-state index is 0.0475. The van der Waals surface area contributed by atoms with Crippen LogP contribution in [0.4, 0.5) is 5.69 Å². The first-order chi connectivity index (χ1) is 22.4. The molecule has 4 aromatic rings. The summed E-state index contributed by atoms with van der Waals surface area (Å²) in [7, 11) is -4.20. The van der Waals surface area contributed by atoms with Crippen molar-refractivity contribution in [1.29, 1.82) is 0 Å². The first kappa shape index (κ1) is 36.3. The number of sulfonamides is 1. The third kappa shape index (κ3) is 9.54. The first-order valence-corrected chi connectivity index (χ1v) is 18.7. The molecule has 0 aromatic heterocycles. The fourth-order valence-corrected chi connectivity index (χ4v) is 7.23. The number of nitrogens with one attached hydrogen (secondary N) is 1. The molecule has 248 valence electrons. The Bertz CT molecular complexity index is 1770. The van der Waals surface area contributed by atoms with E-state index in [0.717, 1.165) is 20.3 Å². The predicted octanol–water partition coefficient (Wildman–Crippen LogP) is 7.77. The quantitative estimate of drug-likeness (QED) is 0.135. The van der Waals surface area contributed by atoms with Gasteiger partial charge < -0.3 is 10.2 Å². The third-order valence-electron chi connectivity index (χ3n) is 7.88. The molecule has 0 aliphatic rings. The monoisotopic (exact) mass is 711 g/mol. The van der Waals surface area contributed by atoms with E-state index in [9.17, 15) is 18.0 Å². The molecule has 0 fully saturated rings. The summed E-state index contributed by atoms with van der Waals surface area (Å²) in [5.74, 6) is -0.917. The number of amides is 2. The van der Waals surface area contributed by atoms with E-state index >= 15 is 0 Å². The highest BCUT2D eigenvalue weighted by Gasteiger charge is 2.35. The topological polar surface area (TPSA) is 86.8 Å². The third-order valence-corrected chi connectivity index (χ3v) is 11.0. The summed E-state index contributed by atoms with van der Waals surface area (Å²) in [6, 6.07) is 26.7. The molecule has 0 saturated heterocycles. The first-order valence-electron chi connectivity index (χ1n) is 15.2. The van der Waals surface area contributed by atoms with Gasteiger partial charge in [-0.15, -0.1) is 11.8 Å². The molecule has 1 N–H and O–H groups in total. The van der Waals surface area contributed by atoms with Crippen molar-refractivity contribution in [3.8, 4) is 0 Å². The maximum atomic E-state index is 14.6. The van der Waals surface area contributed by atoms with Crippen molar-refractivity contribution in [3.63, 3.8) is 0 Å². The van der Waals surface area contributed by atoms with Gasteiger partial charge in [0, 0.05) is 33.9 Å². The van der Waals surface area contributed by atoms with Crippen LogP contribution in [0.2, 0.25) is 10.0 Å². The Morgan fingerprint density at radius 2 is 1.57 bits per heavy atom. The number of carbonyl (C=O) groups excluding carboxylic acids is 2. The molecule has 2 atom stereocenters. The fourth-order valence-electron chi connectivity index (χ4n) is 4.94. The van der Waals surface area contributed by atoms with Gasteiger partial charge in [-0.25, -0.2) is 8.42 Å². The second-order valence-electron chi connectivity index (χ2n) is 11.3. The van der Waals surface area contributed by atoms with E-state index in [2.05, 4.69) is 5.32 Å². The van der Waals surface area contributed by atoms with Crippen molar-refractivity contribution in [2.45, 2.75) is 62.0 Å². The summed E-state index contributed by atoms with van der Waals surface area (Å²) in [6.07, 6.45) is 2.80. The average molecular weight is 713 g/mol. The number of halogens is 2. The summed E-state index contributed by atoms with van der Waals surface area (Å²) >= 11 is 14.3. The van der Waals surface area contributed by atoms with Crippen molar-refractivity contribution in [2.24, 2.45) is 0 Å². The van der Waals surface area contributed by atoms with Crippen molar-refractivity contribution in [1.82, 2.24) is 10.2 Å². The van der Waals surface area contributed by atoms with Crippen LogP contribution in [-0.4, -0.2) is 50.0 Å². The summed E-state index contributed by atoms with van der Waals surface area (Å²) < 4.78 is 29.6. The highest BCUT2D eigenvalue weighted by atomic mass is 35.5. The molecule has 0 heterocycles. The molecule has 2 amide bonds. The van der Waals surface area contributed by atoms with Gasteiger partial charge in [0.05, 0.1) is 10.6 Å². The smallest absolute Gasteiger partial charge is 0.264 e. The number of aryl methyl sites for hydroxylation is 1. The largest absolute Gasteiger partial charge is 0.352 e. The number of hydrogen-bond donors (Lipinski definition) is 1. The number of benzene rings is 4. The van der Waals surface area contributed by atoms with Crippen LogP contribution in [0.25, 0.3) is 0 Å². The lowest BCUT2D eigenvalue weighted by Gasteiger charge is -2.34. The molecule has 0 radical (unpaired) electrons. The van der Waals surface area contributed by atoms with Gasteiger partial charge in [-0.2, -0.15) is 0 Å². The molecule has 0 aliphatic heterocycles. The average Bonchev–Trinajstić information content (AvgIpc) is 3.06. The van der Waals surface area contributed by atoms with Gasteiger partial charge in [-0.1, -0.05) is 84.2 Å². The molecule has 7 nitrogen and oxygen atoms in total. The van der Waals surface area contributed by atoms with Crippen LogP contribution < -0.4 is 9.62 Å².